The number of carboxylic acids is 1. The standard InChI is InChI=1S/C18H17N3O5S/c1-18(17(22)23)8-5-9-21(18)27(24,25)13-10-14-15(12-6-3-2-4-7-12)20-26-16(14)19-11-13/h2-4,6-7,10-11H,5,8-9H2,1H3,(H,22,23)/t18-/m1/s1. The molecule has 1 atom stereocenters. The number of benzene rings is 1. The molecule has 0 unspecified atom stereocenters. The van der Waals surface area contributed by atoms with Crippen LogP contribution >= 0.6 is 0 Å². The largest absolute Gasteiger partial charge is 0.480 e. The van der Waals surface area contributed by atoms with E-state index < -0.39 is 21.5 Å². The smallest absolute Gasteiger partial charge is 0.324 e. The number of rotatable bonds is 4. The van der Waals surface area contributed by atoms with Crippen LogP contribution in [0.1, 0.15) is 19.8 Å². The Labute approximate surface area is 155 Å². The molecule has 3 aromatic rings. The van der Waals surface area contributed by atoms with E-state index in [4.69, 9.17) is 4.52 Å². The first-order chi connectivity index (χ1) is 12.8. The number of carboxylic acid groups (broad SMARTS) is 1. The second-order valence-corrected chi connectivity index (χ2v) is 8.54. The second-order valence-electron chi connectivity index (χ2n) is 6.68. The first kappa shape index (κ1) is 17.6. The lowest BCUT2D eigenvalue weighted by Crippen LogP contribution is -2.50. The Hall–Kier alpha value is -2.78. The number of hydrogen-bond acceptors (Lipinski definition) is 6. The molecule has 2 aromatic heterocycles. The van der Waals surface area contributed by atoms with Crippen LogP contribution in [0, 0.1) is 0 Å². The van der Waals surface area contributed by atoms with Crippen molar-refractivity contribution in [3.05, 3.63) is 42.6 Å². The van der Waals surface area contributed by atoms with Gasteiger partial charge in [-0.15, -0.1) is 0 Å². The van der Waals surface area contributed by atoms with Gasteiger partial charge in [-0.1, -0.05) is 35.5 Å². The van der Waals surface area contributed by atoms with Crippen molar-refractivity contribution in [3.8, 4) is 11.3 Å². The van der Waals surface area contributed by atoms with E-state index in [2.05, 4.69) is 10.1 Å². The lowest BCUT2D eigenvalue weighted by atomic mass is 10.0. The molecule has 0 saturated carbocycles. The van der Waals surface area contributed by atoms with Crippen LogP contribution in [0.3, 0.4) is 0 Å². The zero-order chi connectivity index (χ0) is 19.2. The number of aliphatic carboxylic acids is 1. The van der Waals surface area contributed by atoms with Gasteiger partial charge in [-0.05, 0) is 25.8 Å². The molecule has 3 heterocycles. The van der Waals surface area contributed by atoms with Crippen molar-refractivity contribution >= 4 is 27.1 Å². The summed E-state index contributed by atoms with van der Waals surface area (Å²) in [6.07, 6.45) is 1.93. The molecule has 8 nitrogen and oxygen atoms in total. The summed E-state index contributed by atoms with van der Waals surface area (Å²) < 4.78 is 32.5. The summed E-state index contributed by atoms with van der Waals surface area (Å²) in [5, 5.41) is 14.0. The van der Waals surface area contributed by atoms with Crippen molar-refractivity contribution in [2.75, 3.05) is 6.54 Å². The predicted molar refractivity (Wildman–Crippen MR) is 96.4 cm³/mol. The van der Waals surface area contributed by atoms with Crippen LogP contribution in [0.15, 0.2) is 52.0 Å². The fourth-order valence-corrected chi connectivity index (χ4v) is 5.20. The summed E-state index contributed by atoms with van der Waals surface area (Å²) >= 11 is 0. The lowest BCUT2D eigenvalue weighted by Gasteiger charge is -2.30. The van der Waals surface area contributed by atoms with Crippen molar-refractivity contribution < 1.29 is 22.8 Å². The zero-order valence-electron chi connectivity index (χ0n) is 14.5. The van der Waals surface area contributed by atoms with Crippen LogP contribution in [-0.4, -0.2) is 46.0 Å². The van der Waals surface area contributed by atoms with Crippen LogP contribution in [0.4, 0.5) is 0 Å². The molecule has 0 amide bonds. The monoisotopic (exact) mass is 387 g/mol. The Kier molecular flexibility index (Phi) is 4.01. The van der Waals surface area contributed by atoms with E-state index in [-0.39, 0.29) is 23.6 Å². The molecule has 1 aliphatic rings. The van der Waals surface area contributed by atoms with Gasteiger partial charge in [0, 0.05) is 12.1 Å². The molecule has 1 fully saturated rings. The summed E-state index contributed by atoms with van der Waals surface area (Å²) in [5.41, 5.74) is 0.00182. The Balaban J connectivity index is 1.83. The molecule has 1 aromatic carbocycles. The SMILES string of the molecule is C[C@]1(C(=O)O)CCCN1S(=O)(=O)c1cnc2onc(-c3ccccc3)c2c1. The minimum atomic E-state index is -4.04. The van der Waals surface area contributed by atoms with E-state index in [0.717, 1.165) is 9.87 Å². The summed E-state index contributed by atoms with van der Waals surface area (Å²) in [7, 11) is -4.04. The highest BCUT2D eigenvalue weighted by atomic mass is 32.2. The number of carbonyl (C=O) groups is 1. The maximum atomic E-state index is 13.1. The van der Waals surface area contributed by atoms with Crippen molar-refractivity contribution in [3.63, 3.8) is 0 Å². The lowest BCUT2D eigenvalue weighted by molar-refractivity contribution is -0.146. The summed E-state index contributed by atoms with van der Waals surface area (Å²) in [4.78, 5) is 15.7. The molecule has 0 aliphatic carbocycles. The van der Waals surface area contributed by atoms with Gasteiger partial charge in [-0.2, -0.15) is 4.31 Å². The topological polar surface area (TPSA) is 114 Å². The number of pyridine rings is 1. The predicted octanol–water partition coefficient (Wildman–Crippen LogP) is 2.52. The molecular formula is C18H17N3O5S. The molecular weight excluding hydrogens is 370 g/mol. The highest BCUT2D eigenvalue weighted by Gasteiger charge is 2.49. The molecule has 9 heteroatoms. The molecule has 1 saturated heterocycles. The molecule has 1 aliphatic heterocycles. The molecule has 27 heavy (non-hydrogen) atoms. The van der Waals surface area contributed by atoms with Crippen LogP contribution in [-0.2, 0) is 14.8 Å². The molecule has 0 radical (unpaired) electrons. The van der Waals surface area contributed by atoms with E-state index >= 15 is 0 Å². The van der Waals surface area contributed by atoms with Gasteiger partial charge in [0.25, 0.3) is 5.71 Å². The van der Waals surface area contributed by atoms with Crippen molar-refractivity contribution in [2.24, 2.45) is 0 Å². The third-order valence-electron chi connectivity index (χ3n) is 4.98. The Bertz CT molecular complexity index is 1130. The van der Waals surface area contributed by atoms with Crippen molar-refractivity contribution in [1.29, 1.82) is 0 Å². The van der Waals surface area contributed by atoms with Gasteiger partial charge in [0.15, 0.2) is 0 Å². The number of aromatic nitrogens is 2. The Morgan fingerprint density at radius 1 is 1.30 bits per heavy atom. The molecule has 1 N–H and O–H groups in total. The van der Waals surface area contributed by atoms with Crippen LogP contribution in [0.25, 0.3) is 22.4 Å². The Morgan fingerprint density at radius 3 is 2.74 bits per heavy atom. The van der Waals surface area contributed by atoms with E-state index in [1.54, 1.807) is 0 Å². The van der Waals surface area contributed by atoms with Gasteiger partial charge >= 0.3 is 5.97 Å². The second kappa shape index (κ2) is 6.14. The van der Waals surface area contributed by atoms with Crippen molar-refractivity contribution in [2.45, 2.75) is 30.2 Å². The minimum Gasteiger partial charge on any atom is -0.480 e. The molecule has 0 bridgehead atoms. The quantitative estimate of drug-likeness (QED) is 0.731. The average molecular weight is 387 g/mol. The number of sulfonamides is 1. The molecule has 0 spiro atoms. The van der Waals surface area contributed by atoms with E-state index in [1.165, 1.54) is 19.2 Å². The summed E-state index contributed by atoms with van der Waals surface area (Å²) in [6.45, 7) is 1.58. The van der Waals surface area contributed by atoms with Gasteiger partial charge in [-0.3, -0.25) is 4.79 Å². The fraction of sp³-hybridized carbons (Fsp3) is 0.278. The zero-order valence-corrected chi connectivity index (χ0v) is 15.3. The fourth-order valence-electron chi connectivity index (χ4n) is 3.42. The number of hydrogen-bond donors (Lipinski definition) is 1. The van der Waals surface area contributed by atoms with Gasteiger partial charge in [0.1, 0.15) is 16.1 Å². The van der Waals surface area contributed by atoms with E-state index in [1.807, 2.05) is 30.3 Å². The first-order valence-corrected chi connectivity index (χ1v) is 9.85. The molecule has 140 valence electrons. The van der Waals surface area contributed by atoms with Gasteiger partial charge in [-0.25, -0.2) is 13.4 Å². The van der Waals surface area contributed by atoms with E-state index in [0.29, 0.717) is 17.5 Å². The first-order valence-electron chi connectivity index (χ1n) is 8.41. The Morgan fingerprint density at radius 2 is 2.04 bits per heavy atom. The van der Waals surface area contributed by atoms with Crippen LogP contribution in [0.2, 0.25) is 0 Å². The van der Waals surface area contributed by atoms with Gasteiger partial charge in [0.05, 0.1) is 11.6 Å². The van der Waals surface area contributed by atoms with Gasteiger partial charge < -0.3 is 9.63 Å². The van der Waals surface area contributed by atoms with E-state index in [9.17, 15) is 18.3 Å². The number of nitrogens with zero attached hydrogens (tertiary/aromatic N) is 3. The molecule has 4 rings (SSSR count). The van der Waals surface area contributed by atoms with Crippen molar-refractivity contribution in [1.82, 2.24) is 14.4 Å². The average Bonchev–Trinajstić information content (AvgIpc) is 3.26. The highest BCUT2D eigenvalue weighted by Crippen LogP contribution is 2.36. The van der Waals surface area contributed by atoms with Crippen LogP contribution < -0.4 is 0 Å². The minimum absolute atomic E-state index is 0.0789. The summed E-state index contributed by atoms with van der Waals surface area (Å²) in [5.74, 6) is -1.16. The summed E-state index contributed by atoms with van der Waals surface area (Å²) in [6, 6.07) is 10.6. The van der Waals surface area contributed by atoms with Crippen LogP contribution in [0.5, 0.6) is 0 Å². The maximum absolute atomic E-state index is 13.1. The third kappa shape index (κ3) is 2.70. The van der Waals surface area contributed by atoms with Gasteiger partial charge in [0.2, 0.25) is 10.0 Å². The normalized spacial score (nSPS) is 20.9. The highest BCUT2D eigenvalue weighted by molar-refractivity contribution is 7.89. The number of fused-ring (bicyclic) bond motifs is 1. The maximum Gasteiger partial charge on any atom is 0.324 e. The third-order valence-corrected chi connectivity index (χ3v) is 6.96.